The largest absolute Gasteiger partial charge is 0.393 e. The van der Waals surface area contributed by atoms with Crippen molar-refractivity contribution in [3.8, 4) is 0 Å². The van der Waals surface area contributed by atoms with E-state index in [9.17, 15) is 9.90 Å². The Bertz CT molecular complexity index is 512. The van der Waals surface area contributed by atoms with Crippen LogP contribution < -0.4 is 10.9 Å². The fourth-order valence-electron chi connectivity index (χ4n) is 2.47. The first kappa shape index (κ1) is 15.3. The van der Waals surface area contributed by atoms with Gasteiger partial charge in [0.1, 0.15) is 5.69 Å². The van der Waals surface area contributed by atoms with Crippen molar-refractivity contribution in [1.82, 2.24) is 9.78 Å². The van der Waals surface area contributed by atoms with Crippen LogP contribution in [0.3, 0.4) is 0 Å². The van der Waals surface area contributed by atoms with Gasteiger partial charge in [0, 0.05) is 12.6 Å². The zero-order chi connectivity index (χ0) is 14.7. The molecule has 0 radical (unpaired) electrons. The average Bonchev–Trinajstić information content (AvgIpc) is 2.30. The van der Waals surface area contributed by atoms with Gasteiger partial charge in [0.05, 0.1) is 17.3 Å². The van der Waals surface area contributed by atoms with E-state index in [1.807, 2.05) is 6.92 Å². The molecule has 1 fully saturated rings. The normalized spacial score (nSPS) is 18.4. The summed E-state index contributed by atoms with van der Waals surface area (Å²) in [5, 5.41) is 16.9. The van der Waals surface area contributed by atoms with E-state index < -0.39 is 6.10 Å². The molecule has 0 amide bonds. The summed E-state index contributed by atoms with van der Waals surface area (Å²) in [6.45, 7) is 4.30. The molecule has 1 aliphatic rings. The molecule has 1 saturated carbocycles. The summed E-state index contributed by atoms with van der Waals surface area (Å²) in [6.07, 6.45) is 5.22. The van der Waals surface area contributed by atoms with Crippen LogP contribution in [0.2, 0.25) is 5.02 Å². The highest BCUT2D eigenvalue weighted by atomic mass is 35.5. The Morgan fingerprint density at radius 2 is 2.25 bits per heavy atom. The molecule has 1 aliphatic carbocycles. The molecule has 0 aromatic carbocycles. The predicted octanol–water partition coefficient (Wildman–Crippen LogP) is 2.27. The molecular formula is C14H22ClN3O2. The van der Waals surface area contributed by atoms with Gasteiger partial charge in [0.2, 0.25) is 0 Å². The van der Waals surface area contributed by atoms with Crippen molar-refractivity contribution >= 4 is 17.3 Å². The molecule has 2 unspecified atom stereocenters. The Balaban J connectivity index is 2.14. The molecular weight excluding hydrogens is 278 g/mol. The van der Waals surface area contributed by atoms with Crippen LogP contribution in [-0.4, -0.2) is 27.0 Å². The summed E-state index contributed by atoms with van der Waals surface area (Å²) < 4.78 is 1.49. The fourth-order valence-corrected chi connectivity index (χ4v) is 2.65. The highest BCUT2D eigenvalue weighted by Gasteiger charge is 2.20. The number of hydrogen-bond donors (Lipinski definition) is 2. The van der Waals surface area contributed by atoms with Gasteiger partial charge in [-0.05, 0) is 39.0 Å². The van der Waals surface area contributed by atoms with Gasteiger partial charge < -0.3 is 10.4 Å². The van der Waals surface area contributed by atoms with Crippen molar-refractivity contribution in [2.24, 2.45) is 5.92 Å². The lowest BCUT2D eigenvalue weighted by Crippen LogP contribution is -2.33. The van der Waals surface area contributed by atoms with E-state index in [4.69, 9.17) is 11.6 Å². The summed E-state index contributed by atoms with van der Waals surface area (Å²) >= 11 is 6.07. The zero-order valence-electron chi connectivity index (χ0n) is 12.0. The first-order valence-corrected chi connectivity index (χ1v) is 7.55. The summed E-state index contributed by atoms with van der Waals surface area (Å²) in [5.41, 5.74) is 0.205. The van der Waals surface area contributed by atoms with Gasteiger partial charge in [-0.3, -0.25) is 4.79 Å². The first-order chi connectivity index (χ1) is 9.47. The number of aliphatic hydroxyl groups excluding tert-OH is 1. The second-order valence-electron chi connectivity index (χ2n) is 5.78. The van der Waals surface area contributed by atoms with Crippen molar-refractivity contribution in [3.63, 3.8) is 0 Å². The van der Waals surface area contributed by atoms with Crippen LogP contribution in [0.1, 0.15) is 39.5 Å². The lowest BCUT2D eigenvalue weighted by Gasteiger charge is -2.25. The Morgan fingerprint density at radius 3 is 2.80 bits per heavy atom. The van der Waals surface area contributed by atoms with Crippen molar-refractivity contribution < 1.29 is 5.11 Å². The highest BCUT2D eigenvalue weighted by Crippen LogP contribution is 2.27. The molecule has 2 atom stereocenters. The van der Waals surface area contributed by atoms with E-state index in [0.717, 1.165) is 12.8 Å². The minimum Gasteiger partial charge on any atom is -0.393 e. The maximum absolute atomic E-state index is 12.4. The lowest BCUT2D eigenvalue weighted by molar-refractivity contribution is 0.179. The maximum atomic E-state index is 12.4. The van der Waals surface area contributed by atoms with Crippen molar-refractivity contribution in [2.75, 3.05) is 5.32 Å². The molecule has 0 bridgehead atoms. The van der Waals surface area contributed by atoms with Gasteiger partial charge in [0.25, 0.3) is 5.56 Å². The molecule has 112 valence electrons. The van der Waals surface area contributed by atoms with Gasteiger partial charge in [-0.1, -0.05) is 18.0 Å². The second kappa shape index (κ2) is 6.59. The van der Waals surface area contributed by atoms with Gasteiger partial charge in [-0.25, -0.2) is 4.68 Å². The van der Waals surface area contributed by atoms with Crippen LogP contribution in [0, 0.1) is 5.92 Å². The van der Waals surface area contributed by atoms with E-state index >= 15 is 0 Å². The lowest BCUT2D eigenvalue weighted by atomic mass is 9.85. The van der Waals surface area contributed by atoms with E-state index in [-0.39, 0.29) is 11.6 Å². The summed E-state index contributed by atoms with van der Waals surface area (Å²) in [6, 6.07) is -0.0280. The predicted molar refractivity (Wildman–Crippen MR) is 80.2 cm³/mol. The number of aromatic nitrogens is 2. The van der Waals surface area contributed by atoms with E-state index in [2.05, 4.69) is 10.4 Å². The van der Waals surface area contributed by atoms with Gasteiger partial charge in [-0.2, -0.15) is 5.10 Å². The van der Waals surface area contributed by atoms with Crippen molar-refractivity contribution in [2.45, 2.75) is 58.2 Å². The van der Waals surface area contributed by atoms with Crippen molar-refractivity contribution in [1.29, 1.82) is 0 Å². The number of nitrogens with zero attached hydrogens (tertiary/aromatic N) is 2. The summed E-state index contributed by atoms with van der Waals surface area (Å²) in [7, 11) is 0. The molecule has 5 nitrogen and oxygen atoms in total. The number of aliphatic hydroxyl groups is 1. The Kier molecular flexibility index (Phi) is 5.05. The third kappa shape index (κ3) is 3.73. The standard InChI is InChI=1S/C14H22ClN3O2/c1-9(6-10(2)19)17-13-12(15)7-16-18(14(13)20)8-11-4-3-5-11/h7,9-11,17,19H,3-6,8H2,1-2H3. The summed E-state index contributed by atoms with van der Waals surface area (Å²) in [5.74, 6) is 0.559. The Morgan fingerprint density at radius 1 is 1.55 bits per heavy atom. The van der Waals surface area contributed by atoms with Crippen LogP contribution in [0.4, 0.5) is 5.69 Å². The molecule has 0 spiro atoms. The molecule has 6 heteroatoms. The number of nitrogens with one attached hydrogen (secondary N) is 1. The molecule has 20 heavy (non-hydrogen) atoms. The fraction of sp³-hybridized carbons (Fsp3) is 0.714. The Hall–Kier alpha value is -1.07. The minimum atomic E-state index is -0.421. The smallest absolute Gasteiger partial charge is 0.291 e. The second-order valence-corrected chi connectivity index (χ2v) is 6.19. The van der Waals surface area contributed by atoms with E-state index in [1.165, 1.54) is 17.3 Å². The van der Waals surface area contributed by atoms with Gasteiger partial charge in [0.15, 0.2) is 0 Å². The van der Waals surface area contributed by atoms with Gasteiger partial charge in [-0.15, -0.1) is 0 Å². The molecule has 1 aromatic rings. The number of hydrogen-bond acceptors (Lipinski definition) is 4. The van der Waals surface area contributed by atoms with E-state index in [1.54, 1.807) is 6.92 Å². The van der Waals surface area contributed by atoms with Crippen LogP contribution in [0.25, 0.3) is 0 Å². The maximum Gasteiger partial charge on any atom is 0.291 e. The highest BCUT2D eigenvalue weighted by molar-refractivity contribution is 6.33. The first-order valence-electron chi connectivity index (χ1n) is 7.17. The topological polar surface area (TPSA) is 67.2 Å². The minimum absolute atomic E-state index is 0.0280. The van der Waals surface area contributed by atoms with Crippen LogP contribution >= 0.6 is 11.6 Å². The molecule has 1 aromatic heterocycles. The molecule has 0 aliphatic heterocycles. The number of anilines is 1. The number of rotatable bonds is 6. The number of halogens is 1. The van der Waals surface area contributed by atoms with Crippen LogP contribution in [0.15, 0.2) is 11.0 Å². The van der Waals surface area contributed by atoms with Crippen molar-refractivity contribution in [3.05, 3.63) is 21.6 Å². The third-order valence-corrected chi connectivity index (χ3v) is 4.03. The summed E-state index contributed by atoms with van der Waals surface area (Å²) in [4.78, 5) is 12.4. The zero-order valence-corrected chi connectivity index (χ0v) is 12.7. The monoisotopic (exact) mass is 299 g/mol. The molecule has 2 N–H and O–H groups in total. The third-order valence-electron chi connectivity index (χ3n) is 3.74. The van der Waals surface area contributed by atoms with E-state index in [0.29, 0.717) is 29.6 Å². The molecule has 0 saturated heterocycles. The Labute approximate surface area is 124 Å². The van der Waals surface area contributed by atoms with Crippen LogP contribution in [0.5, 0.6) is 0 Å². The van der Waals surface area contributed by atoms with Crippen LogP contribution in [-0.2, 0) is 6.54 Å². The SMILES string of the molecule is CC(O)CC(C)Nc1c(Cl)cnn(CC2CCC2)c1=O. The molecule has 1 heterocycles. The molecule has 2 rings (SSSR count). The quantitative estimate of drug-likeness (QED) is 0.845. The van der Waals surface area contributed by atoms with Gasteiger partial charge >= 0.3 is 0 Å². The average molecular weight is 300 g/mol.